The van der Waals surface area contributed by atoms with Crippen LogP contribution in [0.2, 0.25) is 0 Å². The summed E-state index contributed by atoms with van der Waals surface area (Å²) in [4.78, 5) is 13.8. The monoisotopic (exact) mass is 247 g/mol. The zero-order chi connectivity index (χ0) is 12.4. The number of amides is 1. The molecule has 4 heteroatoms. The number of hydrogen-bond donors (Lipinski definition) is 0. The van der Waals surface area contributed by atoms with E-state index in [4.69, 9.17) is 9.47 Å². The quantitative estimate of drug-likeness (QED) is 0.769. The van der Waals surface area contributed by atoms with E-state index in [0.29, 0.717) is 6.61 Å². The Balaban J connectivity index is 1.54. The van der Waals surface area contributed by atoms with Crippen LogP contribution in [0.25, 0.3) is 0 Å². The van der Waals surface area contributed by atoms with E-state index in [1.807, 2.05) is 35.2 Å². The summed E-state index contributed by atoms with van der Waals surface area (Å²) in [5.41, 5.74) is 1.02. The first-order valence-electron chi connectivity index (χ1n) is 6.43. The van der Waals surface area contributed by atoms with Gasteiger partial charge in [0.15, 0.2) is 0 Å². The highest BCUT2D eigenvalue weighted by Crippen LogP contribution is 2.28. The van der Waals surface area contributed by atoms with E-state index in [1.54, 1.807) is 0 Å². The van der Waals surface area contributed by atoms with Crippen LogP contribution in [0.5, 0.6) is 0 Å². The van der Waals surface area contributed by atoms with Gasteiger partial charge in [0, 0.05) is 6.54 Å². The molecule has 18 heavy (non-hydrogen) atoms. The molecule has 2 saturated heterocycles. The van der Waals surface area contributed by atoms with Crippen molar-refractivity contribution in [1.29, 1.82) is 0 Å². The second-order valence-electron chi connectivity index (χ2n) is 4.81. The van der Waals surface area contributed by atoms with Crippen LogP contribution in [0.15, 0.2) is 30.3 Å². The average molecular weight is 247 g/mol. The number of benzene rings is 1. The molecule has 2 aliphatic rings. The minimum absolute atomic E-state index is 0.211. The smallest absolute Gasteiger partial charge is 0.410 e. The molecule has 2 atom stereocenters. The summed E-state index contributed by atoms with van der Waals surface area (Å²) >= 11 is 0. The third kappa shape index (κ3) is 2.48. The zero-order valence-corrected chi connectivity index (χ0v) is 10.2. The van der Waals surface area contributed by atoms with Gasteiger partial charge in [-0.2, -0.15) is 0 Å². The summed E-state index contributed by atoms with van der Waals surface area (Å²) < 4.78 is 10.6. The van der Waals surface area contributed by atoms with Crippen LogP contribution in [0.3, 0.4) is 0 Å². The van der Waals surface area contributed by atoms with Crippen molar-refractivity contribution in [2.45, 2.75) is 31.6 Å². The predicted octanol–water partition coefficient (Wildman–Crippen LogP) is 2.19. The van der Waals surface area contributed by atoms with Gasteiger partial charge in [0.1, 0.15) is 12.7 Å². The lowest BCUT2D eigenvalue weighted by Crippen LogP contribution is -2.39. The maximum Gasteiger partial charge on any atom is 0.410 e. The van der Waals surface area contributed by atoms with Gasteiger partial charge < -0.3 is 14.4 Å². The van der Waals surface area contributed by atoms with E-state index >= 15 is 0 Å². The van der Waals surface area contributed by atoms with Crippen LogP contribution in [0, 0.1) is 0 Å². The van der Waals surface area contributed by atoms with Crippen molar-refractivity contribution in [2.75, 3.05) is 13.2 Å². The summed E-state index contributed by atoms with van der Waals surface area (Å²) in [6.45, 7) is 1.92. The second kappa shape index (κ2) is 4.98. The van der Waals surface area contributed by atoms with E-state index < -0.39 is 0 Å². The van der Waals surface area contributed by atoms with Gasteiger partial charge in [-0.3, -0.25) is 0 Å². The van der Waals surface area contributed by atoms with E-state index in [0.717, 1.165) is 31.6 Å². The van der Waals surface area contributed by atoms with E-state index in [2.05, 4.69) is 0 Å². The van der Waals surface area contributed by atoms with Gasteiger partial charge in [0.25, 0.3) is 0 Å². The molecule has 4 nitrogen and oxygen atoms in total. The Morgan fingerprint density at radius 3 is 2.89 bits per heavy atom. The minimum Gasteiger partial charge on any atom is -0.445 e. The lowest BCUT2D eigenvalue weighted by atomic mass is 10.2. The molecular formula is C14H17NO3. The SMILES string of the molecule is O=C(OCc1ccccc1)N1CCC[C@H]1[C@H]1CO1. The largest absolute Gasteiger partial charge is 0.445 e. The Morgan fingerprint density at radius 1 is 1.39 bits per heavy atom. The first kappa shape index (κ1) is 11.5. The highest BCUT2D eigenvalue weighted by Gasteiger charge is 2.42. The number of likely N-dealkylation sites (tertiary alicyclic amines) is 1. The summed E-state index contributed by atoms with van der Waals surface area (Å²) in [5.74, 6) is 0. The lowest BCUT2D eigenvalue weighted by molar-refractivity contribution is 0.0871. The van der Waals surface area contributed by atoms with Gasteiger partial charge >= 0.3 is 6.09 Å². The fourth-order valence-corrected chi connectivity index (χ4v) is 2.49. The zero-order valence-electron chi connectivity index (χ0n) is 10.2. The molecule has 0 radical (unpaired) electrons. The molecule has 96 valence electrons. The molecule has 0 N–H and O–H groups in total. The number of carbonyl (C=O) groups is 1. The molecule has 2 aliphatic heterocycles. The molecule has 0 saturated carbocycles. The fraction of sp³-hybridized carbons (Fsp3) is 0.500. The van der Waals surface area contributed by atoms with Crippen molar-refractivity contribution in [1.82, 2.24) is 4.90 Å². The van der Waals surface area contributed by atoms with Crippen LogP contribution < -0.4 is 0 Å². The minimum atomic E-state index is -0.211. The number of rotatable bonds is 3. The van der Waals surface area contributed by atoms with Gasteiger partial charge in [-0.1, -0.05) is 30.3 Å². The maximum absolute atomic E-state index is 12.0. The maximum atomic E-state index is 12.0. The Hall–Kier alpha value is -1.55. The molecule has 0 aliphatic carbocycles. The third-order valence-corrected chi connectivity index (χ3v) is 3.53. The molecular weight excluding hydrogens is 230 g/mol. The van der Waals surface area contributed by atoms with Crippen molar-refractivity contribution >= 4 is 6.09 Å². The summed E-state index contributed by atoms with van der Waals surface area (Å²) in [7, 11) is 0. The highest BCUT2D eigenvalue weighted by atomic mass is 16.6. The number of hydrogen-bond acceptors (Lipinski definition) is 3. The highest BCUT2D eigenvalue weighted by molar-refractivity contribution is 5.68. The van der Waals surface area contributed by atoms with E-state index in [-0.39, 0.29) is 18.2 Å². The number of nitrogens with zero attached hydrogens (tertiary/aromatic N) is 1. The number of ether oxygens (including phenoxy) is 2. The van der Waals surface area contributed by atoms with Crippen molar-refractivity contribution in [3.05, 3.63) is 35.9 Å². The molecule has 0 unspecified atom stereocenters. The van der Waals surface area contributed by atoms with Crippen molar-refractivity contribution < 1.29 is 14.3 Å². The second-order valence-corrected chi connectivity index (χ2v) is 4.81. The lowest BCUT2D eigenvalue weighted by Gasteiger charge is -2.22. The Labute approximate surface area is 106 Å². The molecule has 1 aromatic carbocycles. The number of epoxide rings is 1. The van der Waals surface area contributed by atoms with Crippen molar-refractivity contribution in [3.8, 4) is 0 Å². The summed E-state index contributed by atoms with van der Waals surface area (Å²) in [6, 6.07) is 9.98. The van der Waals surface area contributed by atoms with Crippen LogP contribution in [-0.2, 0) is 16.1 Å². The van der Waals surface area contributed by atoms with Gasteiger partial charge in [-0.25, -0.2) is 4.79 Å². The van der Waals surface area contributed by atoms with Crippen molar-refractivity contribution in [2.24, 2.45) is 0 Å². The normalized spacial score (nSPS) is 26.1. The Bertz CT molecular complexity index is 416. The van der Waals surface area contributed by atoms with Gasteiger partial charge in [0.2, 0.25) is 0 Å². The topological polar surface area (TPSA) is 42.1 Å². The van der Waals surface area contributed by atoms with Crippen LogP contribution >= 0.6 is 0 Å². The van der Waals surface area contributed by atoms with Gasteiger partial charge in [0.05, 0.1) is 12.6 Å². The molecule has 2 fully saturated rings. The van der Waals surface area contributed by atoms with Crippen LogP contribution in [-0.4, -0.2) is 36.3 Å². The van der Waals surface area contributed by atoms with Crippen LogP contribution in [0.4, 0.5) is 4.79 Å². The van der Waals surface area contributed by atoms with E-state index in [1.165, 1.54) is 0 Å². The molecule has 3 rings (SSSR count). The van der Waals surface area contributed by atoms with Gasteiger partial charge in [-0.05, 0) is 18.4 Å². The molecule has 2 heterocycles. The molecule has 1 aromatic rings. The standard InChI is InChI=1S/C14H17NO3/c16-14(18-9-11-5-2-1-3-6-11)15-8-4-7-12(15)13-10-17-13/h1-3,5-6,12-13H,4,7-10H2/t12-,13+/m0/s1. The molecule has 0 bridgehead atoms. The summed E-state index contributed by atoms with van der Waals surface area (Å²) in [5, 5.41) is 0. The molecule has 1 amide bonds. The summed E-state index contributed by atoms with van der Waals surface area (Å²) in [6.07, 6.45) is 2.12. The molecule has 0 spiro atoms. The number of carbonyl (C=O) groups excluding carboxylic acids is 1. The van der Waals surface area contributed by atoms with Crippen LogP contribution in [0.1, 0.15) is 18.4 Å². The van der Waals surface area contributed by atoms with E-state index in [9.17, 15) is 4.79 Å². The Morgan fingerprint density at radius 2 is 2.17 bits per heavy atom. The fourth-order valence-electron chi connectivity index (χ4n) is 2.49. The van der Waals surface area contributed by atoms with Gasteiger partial charge in [-0.15, -0.1) is 0 Å². The Kier molecular flexibility index (Phi) is 3.19. The average Bonchev–Trinajstić information content (AvgIpc) is 3.14. The first-order valence-corrected chi connectivity index (χ1v) is 6.43. The molecule has 0 aromatic heterocycles. The third-order valence-electron chi connectivity index (χ3n) is 3.53. The first-order chi connectivity index (χ1) is 8.84. The van der Waals surface area contributed by atoms with Crippen molar-refractivity contribution in [3.63, 3.8) is 0 Å². The predicted molar refractivity (Wildman–Crippen MR) is 66.1 cm³/mol.